The van der Waals surface area contributed by atoms with Gasteiger partial charge in [0.25, 0.3) is 0 Å². The van der Waals surface area contributed by atoms with Crippen LogP contribution in [0.5, 0.6) is 0 Å². The number of benzene rings is 1. The maximum Gasteiger partial charge on any atom is 0.224 e. The first-order valence-electron chi connectivity index (χ1n) is 6.28. The molecule has 0 saturated heterocycles. The number of carbonyl (C=O) groups is 1. The van der Waals surface area contributed by atoms with E-state index in [9.17, 15) is 4.79 Å². The molecule has 1 aromatic carbocycles. The van der Waals surface area contributed by atoms with Gasteiger partial charge in [-0.15, -0.1) is 0 Å². The van der Waals surface area contributed by atoms with E-state index < -0.39 is 0 Å². The minimum absolute atomic E-state index is 0.0123. The average Bonchev–Trinajstić information content (AvgIpc) is 2.84. The summed E-state index contributed by atoms with van der Waals surface area (Å²) in [5, 5.41) is 11.5. The van der Waals surface area contributed by atoms with Crippen molar-refractivity contribution < 1.29 is 4.79 Å². The third kappa shape index (κ3) is 3.01. The Morgan fingerprint density at radius 3 is 2.78 bits per heavy atom. The molecule has 1 aliphatic carbocycles. The lowest BCUT2D eigenvalue weighted by molar-refractivity contribution is -0.117. The second kappa shape index (κ2) is 5.54. The zero-order valence-electron chi connectivity index (χ0n) is 10.3. The van der Waals surface area contributed by atoms with Crippen LogP contribution in [0.1, 0.15) is 37.7 Å². The minimum atomic E-state index is 0.0123. The predicted molar refractivity (Wildman–Crippen MR) is 70.8 cm³/mol. The van der Waals surface area contributed by atoms with Crippen LogP contribution in [0, 0.1) is 17.2 Å². The highest BCUT2D eigenvalue weighted by molar-refractivity contribution is 5.94. The lowest BCUT2D eigenvalue weighted by atomic mass is 10.0. The summed E-state index contributed by atoms with van der Waals surface area (Å²) in [6.45, 7) is 0. The van der Waals surface area contributed by atoms with Gasteiger partial charge in [-0.2, -0.15) is 5.26 Å². The normalized spacial score (nSPS) is 15.3. The molecule has 1 fully saturated rings. The van der Waals surface area contributed by atoms with Crippen LogP contribution in [0.2, 0.25) is 0 Å². The third-order valence-electron chi connectivity index (χ3n) is 3.40. The Hall–Kier alpha value is -2.02. The van der Waals surface area contributed by atoms with Gasteiger partial charge in [-0.3, -0.25) is 4.79 Å². The molecule has 0 bridgehead atoms. The molecular weight excluding hydrogens is 226 g/mol. The summed E-state index contributed by atoms with van der Waals surface area (Å²) in [5.41, 5.74) is 7.32. The number of carbonyl (C=O) groups excluding carboxylic acids is 1. The molecule has 4 nitrogen and oxygen atoms in total. The SMILES string of the molecule is N#Cc1ccc(NC(=O)CC2CCCC2)c(N)c1. The van der Waals surface area contributed by atoms with Crippen molar-refractivity contribution >= 4 is 17.3 Å². The maximum absolute atomic E-state index is 11.8. The molecule has 0 unspecified atom stereocenters. The number of nitrogen functional groups attached to an aromatic ring is 1. The van der Waals surface area contributed by atoms with Crippen LogP contribution in [-0.2, 0) is 4.79 Å². The van der Waals surface area contributed by atoms with Gasteiger partial charge in [0.1, 0.15) is 0 Å². The van der Waals surface area contributed by atoms with Gasteiger partial charge in [0, 0.05) is 6.42 Å². The number of anilines is 2. The number of nitriles is 1. The molecule has 0 heterocycles. The Labute approximate surface area is 107 Å². The van der Waals surface area contributed by atoms with E-state index in [4.69, 9.17) is 11.0 Å². The van der Waals surface area contributed by atoms with E-state index >= 15 is 0 Å². The highest BCUT2D eigenvalue weighted by atomic mass is 16.1. The topological polar surface area (TPSA) is 78.9 Å². The summed E-state index contributed by atoms with van der Waals surface area (Å²) in [5.74, 6) is 0.530. The van der Waals surface area contributed by atoms with E-state index in [1.165, 1.54) is 12.8 Å². The third-order valence-corrected chi connectivity index (χ3v) is 3.40. The molecule has 0 radical (unpaired) electrons. The van der Waals surface area contributed by atoms with Gasteiger partial charge < -0.3 is 11.1 Å². The molecule has 1 amide bonds. The van der Waals surface area contributed by atoms with Gasteiger partial charge >= 0.3 is 0 Å². The molecule has 1 aromatic rings. The Kier molecular flexibility index (Phi) is 3.83. The highest BCUT2D eigenvalue weighted by Crippen LogP contribution is 2.28. The van der Waals surface area contributed by atoms with Gasteiger partial charge in [-0.25, -0.2) is 0 Å². The first-order chi connectivity index (χ1) is 8.69. The molecule has 0 spiro atoms. The number of amides is 1. The second-order valence-corrected chi connectivity index (χ2v) is 4.82. The van der Waals surface area contributed by atoms with Crippen molar-refractivity contribution in [3.8, 4) is 6.07 Å². The number of rotatable bonds is 3. The largest absolute Gasteiger partial charge is 0.397 e. The van der Waals surface area contributed by atoms with Crippen molar-refractivity contribution in [3.05, 3.63) is 23.8 Å². The van der Waals surface area contributed by atoms with Gasteiger partial charge in [0.05, 0.1) is 23.0 Å². The molecule has 18 heavy (non-hydrogen) atoms. The van der Waals surface area contributed by atoms with Crippen LogP contribution in [0.3, 0.4) is 0 Å². The van der Waals surface area contributed by atoms with Gasteiger partial charge in [-0.1, -0.05) is 12.8 Å². The van der Waals surface area contributed by atoms with Crippen molar-refractivity contribution in [2.24, 2.45) is 5.92 Å². The van der Waals surface area contributed by atoms with Crippen LogP contribution < -0.4 is 11.1 Å². The monoisotopic (exact) mass is 243 g/mol. The Morgan fingerprint density at radius 2 is 2.17 bits per heavy atom. The average molecular weight is 243 g/mol. The van der Waals surface area contributed by atoms with Gasteiger partial charge in [-0.05, 0) is 37.0 Å². The summed E-state index contributed by atoms with van der Waals surface area (Å²) in [6.07, 6.45) is 5.33. The van der Waals surface area contributed by atoms with Gasteiger partial charge in [0.2, 0.25) is 5.91 Å². The molecule has 94 valence electrons. The van der Waals surface area contributed by atoms with E-state index in [-0.39, 0.29) is 5.91 Å². The fourth-order valence-corrected chi connectivity index (χ4v) is 2.42. The molecule has 0 aliphatic heterocycles. The molecule has 1 saturated carbocycles. The summed E-state index contributed by atoms with van der Waals surface area (Å²) < 4.78 is 0. The van der Waals surface area contributed by atoms with Gasteiger partial charge in [0.15, 0.2) is 0 Å². The van der Waals surface area contributed by atoms with E-state index in [1.54, 1.807) is 18.2 Å². The molecule has 1 aliphatic rings. The summed E-state index contributed by atoms with van der Waals surface area (Å²) in [4.78, 5) is 11.8. The Balaban J connectivity index is 1.96. The van der Waals surface area contributed by atoms with Crippen LogP contribution in [0.15, 0.2) is 18.2 Å². The summed E-state index contributed by atoms with van der Waals surface area (Å²) >= 11 is 0. The van der Waals surface area contributed by atoms with E-state index in [2.05, 4.69) is 5.32 Å². The van der Waals surface area contributed by atoms with Crippen molar-refractivity contribution in [1.82, 2.24) is 0 Å². The zero-order valence-corrected chi connectivity index (χ0v) is 10.3. The molecule has 2 rings (SSSR count). The molecule has 0 atom stereocenters. The highest BCUT2D eigenvalue weighted by Gasteiger charge is 2.18. The zero-order chi connectivity index (χ0) is 13.0. The van der Waals surface area contributed by atoms with Crippen LogP contribution in [0.4, 0.5) is 11.4 Å². The molecular formula is C14H17N3O. The van der Waals surface area contributed by atoms with Crippen molar-refractivity contribution in [3.63, 3.8) is 0 Å². The number of nitrogens with one attached hydrogen (secondary N) is 1. The summed E-state index contributed by atoms with van der Waals surface area (Å²) in [6, 6.07) is 6.92. The van der Waals surface area contributed by atoms with Crippen molar-refractivity contribution in [1.29, 1.82) is 5.26 Å². The summed E-state index contributed by atoms with van der Waals surface area (Å²) in [7, 11) is 0. The molecule has 0 aromatic heterocycles. The maximum atomic E-state index is 11.8. The standard InChI is InChI=1S/C14H17N3O/c15-9-11-5-6-13(12(16)7-11)17-14(18)8-10-3-1-2-4-10/h5-7,10H,1-4,8,16H2,(H,17,18). The fraction of sp³-hybridized carbons (Fsp3) is 0.429. The predicted octanol–water partition coefficient (Wildman–Crippen LogP) is 2.66. The number of nitrogens with zero attached hydrogens (tertiary/aromatic N) is 1. The lowest BCUT2D eigenvalue weighted by Gasteiger charge is -2.11. The van der Waals surface area contributed by atoms with Crippen molar-refractivity contribution in [2.45, 2.75) is 32.1 Å². The van der Waals surface area contributed by atoms with Crippen LogP contribution in [-0.4, -0.2) is 5.91 Å². The minimum Gasteiger partial charge on any atom is -0.397 e. The number of hydrogen-bond donors (Lipinski definition) is 2. The lowest BCUT2D eigenvalue weighted by Crippen LogP contribution is -2.16. The van der Waals surface area contributed by atoms with Crippen LogP contribution >= 0.6 is 0 Å². The number of hydrogen-bond acceptors (Lipinski definition) is 3. The second-order valence-electron chi connectivity index (χ2n) is 4.82. The molecule has 4 heteroatoms. The number of nitrogens with two attached hydrogens (primary N) is 1. The smallest absolute Gasteiger partial charge is 0.224 e. The first kappa shape index (κ1) is 12.4. The van der Waals surface area contributed by atoms with Crippen molar-refractivity contribution in [2.75, 3.05) is 11.1 Å². The van der Waals surface area contributed by atoms with E-state index in [1.807, 2.05) is 6.07 Å². The quantitative estimate of drug-likeness (QED) is 0.801. The molecule has 3 N–H and O–H groups in total. The van der Waals surface area contributed by atoms with E-state index in [0.29, 0.717) is 29.3 Å². The fourth-order valence-electron chi connectivity index (χ4n) is 2.42. The Morgan fingerprint density at radius 1 is 1.44 bits per heavy atom. The Bertz CT molecular complexity index is 484. The van der Waals surface area contributed by atoms with E-state index in [0.717, 1.165) is 12.8 Å². The van der Waals surface area contributed by atoms with Crippen LogP contribution in [0.25, 0.3) is 0 Å². The first-order valence-corrected chi connectivity index (χ1v) is 6.28.